The molecule has 0 spiro atoms. The number of fused-ring (bicyclic) bond motifs is 1. The van der Waals surface area contributed by atoms with E-state index in [4.69, 9.17) is 4.74 Å². The van der Waals surface area contributed by atoms with Gasteiger partial charge in [-0.3, -0.25) is 4.98 Å². The Morgan fingerprint density at radius 3 is 2.70 bits per heavy atom. The highest BCUT2D eigenvalue weighted by molar-refractivity contribution is 5.75. The first-order valence-corrected chi connectivity index (χ1v) is 8.50. The third-order valence-corrected chi connectivity index (χ3v) is 5.41. The van der Waals surface area contributed by atoms with Gasteiger partial charge in [-0.15, -0.1) is 0 Å². The number of rotatable bonds is 4. The summed E-state index contributed by atoms with van der Waals surface area (Å²) in [5.74, 6) is 0.759. The summed E-state index contributed by atoms with van der Waals surface area (Å²) in [6.45, 7) is 9.38. The minimum atomic E-state index is -0.0936. The lowest BCUT2D eigenvalue weighted by Gasteiger charge is -2.54. The van der Waals surface area contributed by atoms with E-state index in [2.05, 4.69) is 43.3 Å². The van der Waals surface area contributed by atoms with E-state index in [0.29, 0.717) is 11.8 Å². The number of aromatic nitrogens is 1. The van der Waals surface area contributed by atoms with E-state index < -0.39 is 0 Å². The minimum absolute atomic E-state index is 0.00248. The summed E-state index contributed by atoms with van der Waals surface area (Å²) in [4.78, 5) is 16.6. The number of hydrogen-bond acceptors (Lipinski definition) is 3. The maximum absolute atomic E-state index is 12.5. The van der Waals surface area contributed by atoms with Gasteiger partial charge in [-0.25, -0.2) is 4.79 Å². The molecule has 0 unspecified atom stereocenters. The van der Waals surface area contributed by atoms with Crippen LogP contribution in [0.3, 0.4) is 0 Å². The molecule has 2 amide bonds. The smallest absolute Gasteiger partial charge is 0.315 e. The summed E-state index contributed by atoms with van der Waals surface area (Å²) in [6, 6.07) is 3.99. The highest BCUT2D eigenvalue weighted by Crippen LogP contribution is 2.52. The molecule has 2 N–H and O–H groups in total. The zero-order valence-electron chi connectivity index (χ0n) is 14.4. The topological polar surface area (TPSA) is 63.2 Å². The van der Waals surface area contributed by atoms with Gasteiger partial charge >= 0.3 is 6.03 Å². The molecule has 0 bridgehead atoms. The summed E-state index contributed by atoms with van der Waals surface area (Å²) in [7, 11) is 0. The molecule has 1 aromatic heterocycles. The van der Waals surface area contributed by atoms with Gasteiger partial charge in [0.05, 0.1) is 12.1 Å². The van der Waals surface area contributed by atoms with Crippen molar-refractivity contribution in [3.05, 3.63) is 30.1 Å². The van der Waals surface area contributed by atoms with Gasteiger partial charge in [0.2, 0.25) is 0 Å². The fourth-order valence-electron chi connectivity index (χ4n) is 4.15. The van der Waals surface area contributed by atoms with E-state index in [-0.39, 0.29) is 29.6 Å². The van der Waals surface area contributed by atoms with E-state index in [9.17, 15) is 4.79 Å². The van der Waals surface area contributed by atoms with Crippen LogP contribution >= 0.6 is 0 Å². The van der Waals surface area contributed by atoms with Crippen LogP contribution in [0.15, 0.2) is 24.5 Å². The van der Waals surface area contributed by atoms with Crippen LogP contribution in [0.2, 0.25) is 0 Å². The normalized spacial score (nSPS) is 29.5. The maximum atomic E-state index is 12.5. The second kappa shape index (κ2) is 6.11. The monoisotopic (exact) mass is 317 g/mol. The molecular weight excluding hydrogens is 290 g/mol. The maximum Gasteiger partial charge on any atom is 0.315 e. The molecule has 1 aromatic rings. The van der Waals surface area contributed by atoms with Gasteiger partial charge in [-0.05, 0) is 30.0 Å². The Labute approximate surface area is 138 Å². The molecule has 1 saturated carbocycles. The molecule has 1 aliphatic carbocycles. The van der Waals surface area contributed by atoms with Crippen LogP contribution in [-0.4, -0.2) is 29.8 Å². The van der Waals surface area contributed by atoms with Crippen molar-refractivity contribution in [1.82, 2.24) is 15.6 Å². The van der Waals surface area contributed by atoms with Gasteiger partial charge in [0.25, 0.3) is 0 Å². The van der Waals surface area contributed by atoms with Crippen LogP contribution in [0.25, 0.3) is 0 Å². The second-order valence-corrected chi connectivity index (χ2v) is 7.66. The number of nitrogens with zero attached hydrogens (tertiary/aromatic N) is 1. The summed E-state index contributed by atoms with van der Waals surface area (Å²) in [6.07, 6.45) is 4.85. The number of amides is 2. The number of ether oxygens (including phenoxy) is 1. The number of hydrogen-bond donors (Lipinski definition) is 2. The Morgan fingerprint density at radius 2 is 2.04 bits per heavy atom. The summed E-state index contributed by atoms with van der Waals surface area (Å²) >= 11 is 0. The third-order valence-electron chi connectivity index (χ3n) is 5.41. The Kier molecular flexibility index (Phi) is 4.32. The van der Waals surface area contributed by atoms with Crippen molar-refractivity contribution in [1.29, 1.82) is 0 Å². The molecule has 2 fully saturated rings. The van der Waals surface area contributed by atoms with Crippen molar-refractivity contribution in [2.24, 2.45) is 17.3 Å². The zero-order valence-corrected chi connectivity index (χ0v) is 14.4. The molecule has 2 aliphatic rings. The molecule has 0 aromatic carbocycles. The van der Waals surface area contributed by atoms with Crippen molar-refractivity contribution in [2.45, 2.75) is 52.3 Å². The van der Waals surface area contributed by atoms with E-state index in [1.165, 1.54) is 0 Å². The molecule has 0 radical (unpaired) electrons. The standard InChI is InChI=1S/C18H27N3O2/c1-11(2)14(12-5-8-19-9-6-12)20-17(22)21-15-13-7-10-23-16(13)18(15,3)4/h5-6,8-9,11,13-16H,7,10H2,1-4H3,(H2,20,21,22)/t13-,14-,15+,16-/m0/s1. The molecule has 5 nitrogen and oxygen atoms in total. The van der Waals surface area contributed by atoms with Gasteiger partial charge in [-0.2, -0.15) is 0 Å². The fourth-order valence-corrected chi connectivity index (χ4v) is 4.15. The Morgan fingerprint density at radius 1 is 1.35 bits per heavy atom. The van der Waals surface area contributed by atoms with Crippen molar-refractivity contribution in [3.63, 3.8) is 0 Å². The number of nitrogens with one attached hydrogen (secondary N) is 2. The molecule has 1 saturated heterocycles. The first-order valence-electron chi connectivity index (χ1n) is 8.50. The van der Waals surface area contributed by atoms with Crippen LogP contribution in [0.5, 0.6) is 0 Å². The molecule has 4 atom stereocenters. The first kappa shape index (κ1) is 16.2. The number of urea groups is 1. The lowest BCUT2D eigenvalue weighted by molar-refractivity contribution is -0.108. The van der Waals surface area contributed by atoms with Crippen LogP contribution in [-0.2, 0) is 4.74 Å². The van der Waals surface area contributed by atoms with Gasteiger partial charge in [-0.1, -0.05) is 27.7 Å². The Balaban J connectivity index is 1.64. The Hall–Kier alpha value is -1.62. The average molecular weight is 317 g/mol. The molecule has 23 heavy (non-hydrogen) atoms. The fraction of sp³-hybridized carbons (Fsp3) is 0.667. The lowest BCUT2D eigenvalue weighted by Crippen LogP contribution is -2.67. The molecule has 126 valence electrons. The van der Waals surface area contributed by atoms with E-state index >= 15 is 0 Å². The molecule has 2 heterocycles. The number of carbonyl (C=O) groups is 1. The molecular formula is C18H27N3O2. The Bertz CT molecular complexity index is 559. The van der Waals surface area contributed by atoms with E-state index in [0.717, 1.165) is 18.6 Å². The van der Waals surface area contributed by atoms with Crippen molar-refractivity contribution >= 4 is 6.03 Å². The van der Waals surface area contributed by atoms with Crippen LogP contribution in [0.1, 0.15) is 45.7 Å². The van der Waals surface area contributed by atoms with E-state index in [1.54, 1.807) is 12.4 Å². The predicted molar refractivity (Wildman–Crippen MR) is 88.9 cm³/mol. The quantitative estimate of drug-likeness (QED) is 0.897. The van der Waals surface area contributed by atoms with Crippen LogP contribution in [0.4, 0.5) is 4.79 Å². The largest absolute Gasteiger partial charge is 0.377 e. The number of carbonyl (C=O) groups excluding carboxylic acids is 1. The molecule has 5 heteroatoms. The summed E-state index contributed by atoms with van der Waals surface area (Å²) < 4.78 is 5.79. The summed E-state index contributed by atoms with van der Waals surface area (Å²) in [5, 5.41) is 6.32. The number of pyridine rings is 1. The van der Waals surface area contributed by atoms with Gasteiger partial charge in [0, 0.05) is 36.4 Å². The van der Waals surface area contributed by atoms with E-state index in [1.807, 2.05) is 12.1 Å². The minimum Gasteiger partial charge on any atom is -0.377 e. The zero-order chi connectivity index (χ0) is 16.6. The SMILES string of the molecule is CC(C)[C@H](NC(=O)N[C@@H]1[C@@H]2CCO[C@@H]2C1(C)C)c1ccncc1. The van der Waals surface area contributed by atoms with Gasteiger partial charge in [0.15, 0.2) is 0 Å². The van der Waals surface area contributed by atoms with Crippen LogP contribution < -0.4 is 10.6 Å². The highest BCUT2D eigenvalue weighted by atomic mass is 16.5. The average Bonchev–Trinajstić information content (AvgIpc) is 2.98. The molecule has 1 aliphatic heterocycles. The summed E-state index contributed by atoms with van der Waals surface area (Å²) in [5.41, 5.74) is 1.09. The van der Waals surface area contributed by atoms with Crippen molar-refractivity contribution in [2.75, 3.05) is 6.61 Å². The van der Waals surface area contributed by atoms with Crippen LogP contribution in [0, 0.1) is 17.3 Å². The second-order valence-electron chi connectivity index (χ2n) is 7.66. The van der Waals surface area contributed by atoms with Gasteiger partial charge in [0.1, 0.15) is 0 Å². The third kappa shape index (κ3) is 2.94. The first-order chi connectivity index (χ1) is 10.9. The molecule has 3 rings (SSSR count). The van der Waals surface area contributed by atoms with Gasteiger partial charge < -0.3 is 15.4 Å². The van der Waals surface area contributed by atoms with Crippen molar-refractivity contribution < 1.29 is 9.53 Å². The van der Waals surface area contributed by atoms with Crippen molar-refractivity contribution in [3.8, 4) is 0 Å². The highest BCUT2D eigenvalue weighted by Gasteiger charge is 2.59. The predicted octanol–water partition coefficient (Wildman–Crippen LogP) is 2.89. The lowest BCUT2D eigenvalue weighted by atomic mass is 9.57.